The predicted molar refractivity (Wildman–Crippen MR) is 196 cm³/mol. The standard InChI is InChI=1S/C38H46FN7O8S/c1-4-24-18-30(44-54-24)32(47)41-28-12-10-8-6-7-9-11-22-20-38(22,36(50)45-55(51,52)37(3)15-16-37)43-33(48)31-19-25(21-46(31)35(28)49)53-34-26(5-2)40-27-14-13-23(39)17-29(27)42-34/h9,11,13-14,17-18,22,25,28,31H,4-8,10,12,15-16,19-21H2,1-3H3,(H,41,47)(H,43,48)(H,45,50)/t22-,25-,28+,31+,38-/m1/s1. The van der Waals surface area contributed by atoms with Crippen LogP contribution in [0.5, 0.6) is 5.88 Å². The summed E-state index contributed by atoms with van der Waals surface area (Å²) >= 11 is 0. The molecular weight excluding hydrogens is 734 g/mol. The van der Waals surface area contributed by atoms with Crippen LogP contribution < -0.4 is 20.1 Å². The quantitative estimate of drug-likeness (QED) is 0.269. The van der Waals surface area contributed by atoms with Crippen LogP contribution in [0, 0.1) is 11.7 Å². The van der Waals surface area contributed by atoms with Crippen LogP contribution >= 0.6 is 0 Å². The molecule has 2 saturated carbocycles. The van der Waals surface area contributed by atoms with E-state index in [1.807, 2.05) is 26.0 Å². The molecule has 2 aromatic heterocycles. The average molecular weight is 780 g/mol. The van der Waals surface area contributed by atoms with E-state index >= 15 is 0 Å². The molecule has 3 N–H and O–H groups in total. The molecule has 4 amide bonds. The van der Waals surface area contributed by atoms with Gasteiger partial charge in [0.1, 0.15) is 41.0 Å². The number of hydrogen-bond donors (Lipinski definition) is 3. The third-order valence-corrected chi connectivity index (χ3v) is 13.4. The molecule has 0 unspecified atom stereocenters. The van der Waals surface area contributed by atoms with Gasteiger partial charge in [-0.25, -0.2) is 22.8 Å². The van der Waals surface area contributed by atoms with Crippen molar-refractivity contribution in [2.24, 2.45) is 5.92 Å². The zero-order valence-electron chi connectivity index (χ0n) is 31.1. The lowest BCUT2D eigenvalue weighted by atomic mass is 10.0. The first-order valence-electron chi connectivity index (χ1n) is 19.0. The number of aromatic nitrogens is 3. The van der Waals surface area contributed by atoms with E-state index in [0.29, 0.717) is 55.5 Å². The second-order valence-corrected chi connectivity index (χ2v) is 17.4. The monoisotopic (exact) mass is 779 g/mol. The summed E-state index contributed by atoms with van der Waals surface area (Å²) in [6, 6.07) is 3.34. The summed E-state index contributed by atoms with van der Waals surface area (Å²) in [5.74, 6) is -2.98. The van der Waals surface area contributed by atoms with E-state index < -0.39 is 73.9 Å². The van der Waals surface area contributed by atoms with Gasteiger partial charge in [-0.3, -0.25) is 23.9 Å². The minimum Gasteiger partial charge on any atom is -0.471 e. The third kappa shape index (κ3) is 7.80. The Morgan fingerprint density at radius 2 is 1.89 bits per heavy atom. The van der Waals surface area contributed by atoms with Crippen LogP contribution in [-0.2, 0) is 37.2 Å². The van der Waals surface area contributed by atoms with Crippen LogP contribution in [0.1, 0.15) is 101 Å². The minimum absolute atomic E-state index is 0.0174. The first kappa shape index (κ1) is 38.3. The molecule has 55 heavy (non-hydrogen) atoms. The molecule has 2 aliphatic carbocycles. The molecule has 5 atom stereocenters. The fourth-order valence-electron chi connectivity index (χ4n) is 7.30. The summed E-state index contributed by atoms with van der Waals surface area (Å²) in [6.45, 7) is 5.20. The summed E-state index contributed by atoms with van der Waals surface area (Å²) in [5.41, 5.74) is -0.293. The van der Waals surface area contributed by atoms with E-state index in [-0.39, 0.29) is 42.9 Å². The van der Waals surface area contributed by atoms with Crippen LogP contribution in [0.15, 0.2) is 40.9 Å². The van der Waals surface area contributed by atoms with E-state index in [4.69, 9.17) is 9.26 Å². The van der Waals surface area contributed by atoms with Crippen LogP contribution in [-0.4, -0.2) is 87.1 Å². The molecule has 1 aromatic carbocycles. The number of aryl methyl sites for hydroxylation is 2. The lowest BCUT2D eigenvalue weighted by Gasteiger charge is -2.30. The van der Waals surface area contributed by atoms with Gasteiger partial charge in [-0.2, -0.15) is 0 Å². The van der Waals surface area contributed by atoms with Gasteiger partial charge in [0.2, 0.25) is 27.7 Å². The molecule has 4 aliphatic rings. The number of hydrogen-bond acceptors (Lipinski definition) is 11. The Morgan fingerprint density at radius 3 is 2.62 bits per heavy atom. The fraction of sp³-hybridized carbons (Fsp3) is 0.553. The van der Waals surface area contributed by atoms with Crippen molar-refractivity contribution >= 4 is 44.7 Å². The normalized spacial score (nSPS) is 26.6. The number of sulfonamides is 1. The predicted octanol–water partition coefficient (Wildman–Crippen LogP) is 3.42. The Morgan fingerprint density at radius 1 is 1.09 bits per heavy atom. The van der Waals surface area contributed by atoms with E-state index in [1.165, 1.54) is 29.2 Å². The summed E-state index contributed by atoms with van der Waals surface area (Å²) in [5, 5.41) is 9.52. The molecule has 0 spiro atoms. The van der Waals surface area contributed by atoms with Crippen molar-refractivity contribution in [3.8, 4) is 5.88 Å². The molecule has 294 valence electrons. The van der Waals surface area contributed by atoms with E-state index in [2.05, 4.69) is 30.5 Å². The maximum atomic E-state index is 14.6. The van der Waals surface area contributed by atoms with Gasteiger partial charge in [0.15, 0.2) is 5.69 Å². The van der Waals surface area contributed by atoms with Gasteiger partial charge in [-0.05, 0) is 64.0 Å². The number of fused-ring (bicyclic) bond motifs is 3. The highest BCUT2D eigenvalue weighted by Gasteiger charge is 2.63. The maximum Gasteiger partial charge on any atom is 0.274 e. The number of ether oxygens (including phenoxy) is 1. The topological polar surface area (TPSA) is 203 Å². The zero-order chi connectivity index (χ0) is 39.1. The first-order chi connectivity index (χ1) is 26.3. The molecule has 2 aliphatic heterocycles. The van der Waals surface area contributed by atoms with Crippen molar-refractivity contribution in [3.05, 3.63) is 59.4 Å². The minimum atomic E-state index is -4.01. The van der Waals surface area contributed by atoms with Crippen LogP contribution in [0.2, 0.25) is 0 Å². The summed E-state index contributed by atoms with van der Waals surface area (Å²) in [6.07, 6.45) is 7.93. The van der Waals surface area contributed by atoms with Crippen LogP contribution in [0.4, 0.5) is 4.39 Å². The Labute approximate surface area is 318 Å². The average Bonchev–Trinajstić information content (AvgIpc) is 3.93. The molecule has 3 aromatic rings. The highest BCUT2D eigenvalue weighted by Crippen LogP contribution is 2.47. The molecular formula is C38H46FN7O8S. The lowest BCUT2D eigenvalue weighted by Crippen LogP contribution is -2.58. The summed E-state index contributed by atoms with van der Waals surface area (Å²) in [7, 11) is -4.01. The molecule has 15 nitrogen and oxygen atoms in total. The fourth-order valence-corrected chi connectivity index (χ4v) is 8.61. The van der Waals surface area contributed by atoms with Gasteiger partial charge < -0.3 is 24.8 Å². The Balaban J connectivity index is 1.20. The molecule has 3 fully saturated rings. The molecule has 4 heterocycles. The molecule has 7 rings (SSSR count). The Bertz CT molecular complexity index is 2150. The number of nitrogens with zero attached hydrogens (tertiary/aromatic N) is 4. The zero-order valence-corrected chi connectivity index (χ0v) is 31.9. The Kier molecular flexibility index (Phi) is 10.4. The summed E-state index contributed by atoms with van der Waals surface area (Å²) < 4.78 is 53.2. The number of halogens is 1. The van der Waals surface area contributed by atoms with Crippen molar-refractivity contribution in [3.63, 3.8) is 0 Å². The number of amides is 4. The number of carbonyl (C=O) groups excluding carboxylic acids is 4. The van der Waals surface area contributed by atoms with Gasteiger partial charge in [-0.1, -0.05) is 44.0 Å². The largest absolute Gasteiger partial charge is 0.471 e. The van der Waals surface area contributed by atoms with Gasteiger partial charge >= 0.3 is 0 Å². The van der Waals surface area contributed by atoms with Crippen LogP contribution in [0.25, 0.3) is 11.0 Å². The van der Waals surface area contributed by atoms with E-state index in [9.17, 15) is 32.0 Å². The van der Waals surface area contributed by atoms with Crippen molar-refractivity contribution in [2.45, 2.75) is 120 Å². The number of allylic oxidation sites excluding steroid dienone is 1. The SMILES string of the molecule is CCc1cc(C(=O)N[C@H]2CCCCCC=C[C@@H]3C[C@@]3(C(=O)NS(=O)(=O)C3(C)CC3)NC(=O)[C@@H]3C[C@@H](Oc4nc5cc(F)ccc5nc4CC)CN3C2=O)no1. The van der Waals surface area contributed by atoms with Gasteiger partial charge in [0.05, 0.1) is 22.3 Å². The first-order valence-corrected chi connectivity index (χ1v) is 20.5. The van der Waals surface area contributed by atoms with Crippen molar-refractivity contribution in [1.82, 2.24) is 35.4 Å². The van der Waals surface area contributed by atoms with Gasteiger partial charge in [-0.15, -0.1) is 0 Å². The number of benzene rings is 1. The van der Waals surface area contributed by atoms with Crippen LogP contribution in [0.3, 0.4) is 0 Å². The van der Waals surface area contributed by atoms with Crippen molar-refractivity contribution < 1.29 is 41.2 Å². The third-order valence-electron chi connectivity index (χ3n) is 11.2. The smallest absolute Gasteiger partial charge is 0.274 e. The number of nitrogens with one attached hydrogen (secondary N) is 3. The maximum absolute atomic E-state index is 14.6. The molecule has 0 bridgehead atoms. The molecule has 17 heteroatoms. The Hall–Kier alpha value is -4.93. The second kappa shape index (κ2) is 15.0. The van der Waals surface area contributed by atoms with Crippen molar-refractivity contribution in [2.75, 3.05) is 6.54 Å². The number of carbonyl (C=O) groups is 4. The van der Waals surface area contributed by atoms with Gasteiger partial charge in [0.25, 0.3) is 11.8 Å². The van der Waals surface area contributed by atoms with E-state index in [1.54, 1.807) is 6.92 Å². The summed E-state index contributed by atoms with van der Waals surface area (Å²) in [4.78, 5) is 66.7. The highest BCUT2D eigenvalue weighted by atomic mass is 32.2. The number of rotatable bonds is 9. The van der Waals surface area contributed by atoms with E-state index in [0.717, 1.165) is 12.8 Å². The van der Waals surface area contributed by atoms with Gasteiger partial charge in [0, 0.05) is 30.9 Å². The lowest BCUT2D eigenvalue weighted by molar-refractivity contribution is -0.141. The second-order valence-electron chi connectivity index (χ2n) is 15.2. The molecule has 0 radical (unpaired) electrons. The van der Waals surface area contributed by atoms with Crippen molar-refractivity contribution in [1.29, 1.82) is 0 Å². The highest BCUT2D eigenvalue weighted by molar-refractivity contribution is 7.91. The molecule has 1 saturated heterocycles.